The quantitative estimate of drug-likeness (QED) is 0.813. The maximum atomic E-state index is 11.8. The number of anilines is 1. The minimum absolute atomic E-state index is 0.0914. The molecule has 2 N–H and O–H groups in total. The maximum absolute atomic E-state index is 11.8. The van der Waals surface area contributed by atoms with E-state index in [1.54, 1.807) is 18.2 Å². The van der Waals surface area contributed by atoms with Gasteiger partial charge in [-0.2, -0.15) is 0 Å². The van der Waals surface area contributed by atoms with Crippen molar-refractivity contribution in [3.8, 4) is 0 Å². The average Bonchev–Trinajstić information content (AvgIpc) is 2.38. The molecule has 4 nitrogen and oxygen atoms in total. The number of amides is 1. The molecule has 0 saturated carbocycles. The van der Waals surface area contributed by atoms with Gasteiger partial charge in [-0.3, -0.25) is 4.79 Å². The highest BCUT2D eigenvalue weighted by Crippen LogP contribution is 2.29. The van der Waals surface area contributed by atoms with Crippen LogP contribution in [0.3, 0.4) is 0 Å². The summed E-state index contributed by atoms with van der Waals surface area (Å²) in [5, 5.41) is 6.71. The van der Waals surface area contributed by atoms with Gasteiger partial charge in [0.15, 0.2) is 0 Å². The molecule has 0 atom stereocenters. The van der Waals surface area contributed by atoms with Gasteiger partial charge in [0.05, 0.1) is 15.7 Å². The van der Waals surface area contributed by atoms with Crippen LogP contribution in [0.1, 0.15) is 6.42 Å². The van der Waals surface area contributed by atoms with E-state index in [4.69, 9.17) is 23.2 Å². The van der Waals surface area contributed by atoms with Gasteiger partial charge in [-0.1, -0.05) is 29.3 Å². The molecule has 1 aromatic rings. The highest BCUT2D eigenvalue weighted by molar-refractivity contribution is 6.39. The van der Waals surface area contributed by atoms with Crippen LogP contribution in [0.25, 0.3) is 0 Å². The van der Waals surface area contributed by atoms with E-state index in [1.165, 1.54) is 0 Å². The van der Waals surface area contributed by atoms with Crippen LogP contribution in [-0.2, 0) is 4.79 Å². The summed E-state index contributed by atoms with van der Waals surface area (Å²) in [7, 11) is 3.88. The lowest BCUT2D eigenvalue weighted by Crippen LogP contribution is -2.30. The predicted octanol–water partition coefficient (Wildman–Crippen LogP) is 2.47. The van der Waals surface area contributed by atoms with Crippen molar-refractivity contribution in [3.05, 3.63) is 28.2 Å². The number of para-hydroxylation sites is 1. The Kier molecular flexibility index (Phi) is 7.16. The van der Waals surface area contributed by atoms with Crippen LogP contribution in [0.4, 0.5) is 5.69 Å². The second kappa shape index (κ2) is 8.38. The van der Waals surface area contributed by atoms with E-state index < -0.39 is 0 Å². The fraction of sp³-hybridized carbons (Fsp3) is 0.462. The fourth-order valence-electron chi connectivity index (χ4n) is 1.53. The number of hydrogen-bond donors (Lipinski definition) is 2. The second-order valence-electron chi connectivity index (χ2n) is 4.30. The van der Waals surface area contributed by atoms with Crippen molar-refractivity contribution in [2.75, 3.05) is 39.0 Å². The van der Waals surface area contributed by atoms with Gasteiger partial charge in [-0.25, -0.2) is 0 Å². The van der Waals surface area contributed by atoms with Crippen LogP contribution in [-0.4, -0.2) is 44.5 Å². The fourth-order valence-corrected chi connectivity index (χ4v) is 2.02. The van der Waals surface area contributed by atoms with Gasteiger partial charge in [0, 0.05) is 26.1 Å². The Bertz CT molecular complexity index is 406. The van der Waals surface area contributed by atoms with E-state index in [0.29, 0.717) is 28.7 Å². The van der Waals surface area contributed by atoms with Gasteiger partial charge in [0.25, 0.3) is 0 Å². The number of rotatable bonds is 7. The Morgan fingerprint density at radius 3 is 2.47 bits per heavy atom. The number of nitrogens with one attached hydrogen (secondary N) is 2. The zero-order chi connectivity index (χ0) is 14.3. The molecule has 0 aromatic heterocycles. The predicted molar refractivity (Wildman–Crippen MR) is 81.1 cm³/mol. The number of carbonyl (C=O) groups excluding carboxylic acids is 1. The van der Waals surface area contributed by atoms with Gasteiger partial charge in [0.2, 0.25) is 5.91 Å². The van der Waals surface area contributed by atoms with Crippen molar-refractivity contribution in [2.45, 2.75) is 6.42 Å². The molecule has 19 heavy (non-hydrogen) atoms. The molecule has 0 aliphatic carbocycles. The zero-order valence-corrected chi connectivity index (χ0v) is 12.7. The van der Waals surface area contributed by atoms with E-state index in [2.05, 4.69) is 15.5 Å². The van der Waals surface area contributed by atoms with Crippen LogP contribution >= 0.6 is 23.2 Å². The van der Waals surface area contributed by atoms with Crippen LogP contribution in [0.5, 0.6) is 0 Å². The van der Waals surface area contributed by atoms with Crippen molar-refractivity contribution in [1.82, 2.24) is 10.2 Å². The van der Waals surface area contributed by atoms with Gasteiger partial charge >= 0.3 is 0 Å². The molecule has 1 aromatic carbocycles. The van der Waals surface area contributed by atoms with Crippen LogP contribution < -0.4 is 10.6 Å². The van der Waals surface area contributed by atoms with Gasteiger partial charge < -0.3 is 15.5 Å². The van der Waals surface area contributed by atoms with Crippen molar-refractivity contribution in [1.29, 1.82) is 0 Å². The third kappa shape index (κ3) is 5.78. The molecule has 0 unspecified atom stereocenters. The monoisotopic (exact) mass is 303 g/mol. The van der Waals surface area contributed by atoms with Crippen molar-refractivity contribution in [2.24, 2.45) is 0 Å². The molecule has 106 valence electrons. The first-order valence-corrected chi connectivity index (χ1v) is 6.87. The molecule has 0 heterocycles. The molecule has 0 aliphatic heterocycles. The molecule has 0 bridgehead atoms. The molecule has 0 spiro atoms. The molecule has 0 radical (unpaired) electrons. The minimum Gasteiger partial charge on any atom is -0.324 e. The number of benzene rings is 1. The summed E-state index contributed by atoms with van der Waals surface area (Å²) in [6.45, 7) is 2.49. The largest absolute Gasteiger partial charge is 0.324 e. The van der Waals surface area contributed by atoms with Gasteiger partial charge in [-0.05, 0) is 26.2 Å². The Balaban J connectivity index is 2.43. The summed E-state index contributed by atoms with van der Waals surface area (Å²) in [5.74, 6) is -0.0914. The normalized spacial score (nSPS) is 10.8. The minimum atomic E-state index is -0.0914. The maximum Gasteiger partial charge on any atom is 0.225 e. The lowest BCUT2D eigenvalue weighted by molar-refractivity contribution is -0.116. The Morgan fingerprint density at radius 1 is 1.26 bits per heavy atom. The molecule has 6 heteroatoms. The number of likely N-dealkylation sites (N-methyl/N-ethyl adjacent to an activating group) is 2. The first-order valence-electron chi connectivity index (χ1n) is 6.11. The SMILES string of the molecule is CNCCN(C)CCC(=O)Nc1c(Cl)cccc1Cl. The second-order valence-corrected chi connectivity index (χ2v) is 5.12. The van der Waals surface area contributed by atoms with Crippen molar-refractivity contribution < 1.29 is 4.79 Å². The van der Waals surface area contributed by atoms with Crippen molar-refractivity contribution >= 4 is 34.8 Å². The van der Waals surface area contributed by atoms with E-state index in [9.17, 15) is 4.79 Å². The first-order chi connectivity index (χ1) is 9.04. The lowest BCUT2D eigenvalue weighted by Gasteiger charge is -2.16. The van der Waals surface area contributed by atoms with E-state index in [0.717, 1.165) is 13.1 Å². The van der Waals surface area contributed by atoms with E-state index in [1.807, 2.05) is 14.1 Å². The Morgan fingerprint density at radius 2 is 1.89 bits per heavy atom. The van der Waals surface area contributed by atoms with Crippen LogP contribution in [0.15, 0.2) is 18.2 Å². The highest BCUT2D eigenvalue weighted by Gasteiger charge is 2.10. The molecular weight excluding hydrogens is 285 g/mol. The molecule has 1 rings (SSSR count). The molecule has 0 aliphatic rings. The van der Waals surface area contributed by atoms with Crippen molar-refractivity contribution in [3.63, 3.8) is 0 Å². The number of halogens is 2. The zero-order valence-electron chi connectivity index (χ0n) is 11.2. The van der Waals surface area contributed by atoms with E-state index >= 15 is 0 Å². The summed E-state index contributed by atoms with van der Waals surface area (Å²) < 4.78 is 0. The standard InChI is InChI=1S/C13H19Cl2N3O/c1-16-7-9-18(2)8-6-12(19)17-13-10(14)4-3-5-11(13)15/h3-5,16H,6-9H2,1-2H3,(H,17,19). The highest BCUT2D eigenvalue weighted by atomic mass is 35.5. The summed E-state index contributed by atoms with van der Waals surface area (Å²) in [6.07, 6.45) is 0.405. The number of nitrogens with zero attached hydrogens (tertiary/aromatic N) is 1. The molecule has 0 fully saturated rings. The van der Waals surface area contributed by atoms with E-state index in [-0.39, 0.29) is 5.91 Å². The lowest BCUT2D eigenvalue weighted by atomic mass is 10.3. The first kappa shape index (κ1) is 16.2. The third-order valence-electron chi connectivity index (χ3n) is 2.69. The Labute approximate surface area is 124 Å². The third-order valence-corrected chi connectivity index (χ3v) is 3.32. The molecular formula is C13H19Cl2N3O. The average molecular weight is 304 g/mol. The Hall–Kier alpha value is -0.810. The van der Waals surface area contributed by atoms with Crippen LogP contribution in [0, 0.1) is 0 Å². The number of carbonyl (C=O) groups is 1. The summed E-state index contributed by atoms with van der Waals surface area (Å²) in [6, 6.07) is 5.13. The summed E-state index contributed by atoms with van der Waals surface area (Å²) >= 11 is 12.0. The molecule has 0 saturated heterocycles. The van der Waals surface area contributed by atoms with Gasteiger partial charge in [0.1, 0.15) is 0 Å². The van der Waals surface area contributed by atoms with Gasteiger partial charge in [-0.15, -0.1) is 0 Å². The van der Waals surface area contributed by atoms with Crippen LogP contribution in [0.2, 0.25) is 10.0 Å². The molecule has 1 amide bonds. The summed E-state index contributed by atoms with van der Waals surface area (Å²) in [4.78, 5) is 13.9. The topological polar surface area (TPSA) is 44.4 Å². The summed E-state index contributed by atoms with van der Waals surface area (Å²) in [5.41, 5.74) is 0.480. The smallest absolute Gasteiger partial charge is 0.225 e. The number of hydrogen-bond acceptors (Lipinski definition) is 3.